The van der Waals surface area contributed by atoms with Crippen LogP contribution < -0.4 is 4.72 Å². The molecule has 0 saturated heterocycles. The molecular formula is C10H19N3O3S. The van der Waals surface area contributed by atoms with Gasteiger partial charge >= 0.3 is 0 Å². The fourth-order valence-corrected chi connectivity index (χ4v) is 2.62. The Bertz CT molecular complexity index is 453. The van der Waals surface area contributed by atoms with Crippen LogP contribution in [0.1, 0.15) is 20.8 Å². The molecule has 0 aromatic carbocycles. The minimum atomic E-state index is -3.65. The number of hydrogen-bond donors (Lipinski definition) is 2. The number of aliphatic hydroxyl groups is 1. The molecule has 1 atom stereocenters. The minimum Gasteiger partial charge on any atom is -0.395 e. The van der Waals surface area contributed by atoms with Gasteiger partial charge in [-0.2, -0.15) is 0 Å². The highest BCUT2D eigenvalue weighted by atomic mass is 32.2. The molecule has 0 radical (unpaired) electrons. The third-order valence-corrected chi connectivity index (χ3v) is 3.93. The smallest absolute Gasteiger partial charge is 0.259 e. The fraction of sp³-hybridized carbons (Fsp3) is 0.700. The molecule has 98 valence electrons. The van der Waals surface area contributed by atoms with E-state index in [0.29, 0.717) is 6.54 Å². The summed E-state index contributed by atoms with van der Waals surface area (Å²) in [6.07, 6.45) is 2.94. The second-order valence-corrected chi connectivity index (χ2v) is 5.86. The van der Waals surface area contributed by atoms with Crippen molar-refractivity contribution < 1.29 is 13.5 Å². The molecule has 7 heteroatoms. The van der Waals surface area contributed by atoms with Crippen molar-refractivity contribution in [3.05, 3.63) is 12.5 Å². The van der Waals surface area contributed by atoms with E-state index >= 15 is 0 Å². The van der Waals surface area contributed by atoms with E-state index in [2.05, 4.69) is 9.71 Å². The lowest BCUT2D eigenvalue weighted by Crippen LogP contribution is -2.41. The number of rotatable bonds is 6. The highest BCUT2D eigenvalue weighted by molar-refractivity contribution is 7.89. The van der Waals surface area contributed by atoms with Gasteiger partial charge in [0.15, 0.2) is 5.03 Å². The maximum absolute atomic E-state index is 11.9. The first kappa shape index (κ1) is 14.1. The Balaban J connectivity index is 2.88. The van der Waals surface area contributed by atoms with Crippen molar-refractivity contribution >= 4 is 10.0 Å². The van der Waals surface area contributed by atoms with E-state index < -0.39 is 16.1 Å². The summed E-state index contributed by atoms with van der Waals surface area (Å²) in [5, 5.41) is 9.09. The molecule has 0 unspecified atom stereocenters. The van der Waals surface area contributed by atoms with Crippen LogP contribution in [0.4, 0.5) is 0 Å². The van der Waals surface area contributed by atoms with Crippen LogP contribution in [0.3, 0.4) is 0 Å². The van der Waals surface area contributed by atoms with Gasteiger partial charge in [-0.1, -0.05) is 13.8 Å². The fourth-order valence-electron chi connectivity index (χ4n) is 1.30. The van der Waals surface area contributed by atoms with Gasteiger partial charge in [-0.05, 0) is 12.8 Å². The van der Waals surface area contributed by atoms with Crippen LogP contribution in [0.2, 0.25) is 0 Å². The topological polar surface area (TPSA) is 84.2 Å². The molecule has 1 rings (SSSR count). The van der Waals surface area contributed by atoms with Gasteiger partial charge < -0.3 is 9.67 Å². The third-order valence-electron chi connectivity index (χ3n) is 2.56. The molecule has 17 heavy (non-hydrogen) atoms. The van der Waals surface area contributed by atoms with Crippen molar-refractivity contribution in [1.29, 1.82) is 0 Å². The zero-order chi connectivity index (χ0) is 13.1. The summed E-state index contributed by atoms with van der Waals surface area (Å²) < 4.78 is 28.0. The molecule has 0 aliphatic heterocycles. The number of imidazole rings is 1. The van der Waals surface area contributed by atoms with Crippen molar-refractivity contribution in [3.8, 4) is 0 Å². The largest absolute Gasteiger partial charge is 0.395 e. The predicted molar refractivity (Wildman–Crippen MR) is 63.9 cm³/mol. The van der Waals surface area contributed by atoms with Gasteiger partial charge in [-0.15, -0.1) is 0 Å². The van der Waals surface area contributed by atoms with Crippen LogP contribution in [0.25, 0.3) is 0 Å². The maximum Gasteiger partial charge on any atom is 0.259 e. The molecule has 6 nitrogen and oxygen atoms in total. The molecular weight excluding hydrogens is 242 g/mol. The van der Waals surface area contributed by atoms with Crippen molar-refractivity contribution in [2.24, 2.45) is 5.92 Å². The number of nitrogens with zero attached hydrogens (tertiary/aromatic N) is 2. The normalized spacial score (nSPS) is 14.2. The molecule has 2 N–H and O–H groups in total. The van der Waals surface area contributed by atoms with Crippen molar-refractivity contribution in [2.75, 3.05) is 6.61 Å². The van der Waals surface area contributed by atoms with Gasteiger partial charge in [-0.25, -0.2) is 18.1 Å². The molecule has 0 saturated carbocycles. The standard InChI is InChI=1S/C10H19N3O3S/c1-4-13-5-10(11-7-13)17(15,16)12-9(6-14)8(2)3/h5,7-9,12,14H,4,6H2,1-3H3/t9-/m1/s1. The van der Waals surface area contributed by atoms with Crippen molar-refractivity contribution in [1.82, 2.24) is 14.3 Å². The van der Waals surface area contributed by atoms with Gasteiger partial charge in [0.05, 0.1) is 12.9 Å². The first-order valence-electron chi connectivity index (χ1n) is 5.55. The summed E-state index contributed by atoms with van der Waals surface area (Å²) in [4.78, 5) is 3.84. The number of aromatic nitrogens is 2. The molecule has 0 aliphatic carbocycles. The van der Waals surface area contributed by atoms with E-state index in [1.165, 1.54) is 12.5 Å². The minimum absolute atomic E-state index is 0.0153. The Kier molecular flexibility index (Phi) is 4.67. The van der Waals surface area contributed by atoms with E-state index in [4.69, 9.17) is 5.11 Å². The Morgan fingerprint density at radius 1 is 1.53 bits per heavy atom. The number of aryl methyl sites for hydroxylation is 1. The Morgan fingerprint density at radius 3 is 2.59 bits per heavy atom. The second-order valence-electron chi connectivity index (χ2n) is 4.20. The zero-order valence-corrected chi connectivity index (χ0v) is 11.1. The van der Waals surface area contributed by atoms with Gasteiger partial charge in [0.2, 0.25) is 0 Å². The number of aliphatic hydroxyl groups excluding tert-OH is 1. The van der Waals surface area contributed by atoms with Crippen LogP contribution in [0.5, 0.6) is 0 Å². The predicted octanol–water partition coefficient (Wildman–Crippen LogP) is 0.198. The SMILES string of the molecule is CCn1cnc(S(=O)(=O)N[C@H](CO)C(C)C)c1. The van der Waals surface area contributed by atoms with E-state index in [1.807, 2.05) is 20.8 Å². The number of nitrogens with one attached hydrogen (secondary N) is 1. The molecule has 1 heterocycles. The van der Waals surface area contributed by atoms with Crippen LogP contribution >= 0.6 is 0 Å². The quantitative estimate of drug-likeness (QED) is 0.766. The lowest BCUT2D eigenvalue weighted by atomic mass is 10.1. The maximum atomic E-state index is 11.9. The first-order valence-corrected chi connectivity index (χ1v) is 7.04. The van der Waals surface area contributed by atoms with Gasteiger partial charge in [0, 0.05) is 18.8 Å². The van der Waals surface area contributed by atoms with E-state index in [1.54, 1.807) is 4.57 Å². The van der Waals surface area contributed by atoms with E-state index in [9.17, 15) is 8.42 Å². The molecule has 0 spiro atoms. The summed E-state index contributed by atoms with van der Waals surface area (Å²) in [5.74, 6) is 0.0167. The van der Waals surface area contributed by atoms with Gasteiger partial charge in [0.1, 0.15) is 0 Å². The summed E-state index contributed by atoms with van der Waals surface area (Å²) in [5.41, 5.74) is 0. The van der Waals surface area contributed by atoms with Crippen LogP contribution in [0.15, 0.2) is 17.6 Å². The van der Waals surface area contributed by atoms with Gasteiger partial charge in [0.25, 0.3) is 10.0 Å². The van der Waals surface area contributed by atoms with Gasteiger partial charge in [-0.3, -0.25) is 0 Å². The van der Waals surface area contributed by atoms with Crippen LogP contribution in [-0.2, 0) is 16.6 Å². The molecule has 1 aromatic heterocycles. The highest BCUT2D eigenvalue weighted by Crippen LogP contribution is 2.09. The average Bonchev–Trinajstić information content (AvgIpc) is 2.74. The van der Waals surface area contributed by atoms with Crippen molar-refractivity contribution in [2.45, 2.75) is 38.4 Å². The number of hydrogen-bond acceptors (Lipinski definition) is 4. The summed E-state index contributed by atoms with van der Waals surface area (Å²) >= 11 is 0. The number of sulfonamides is 1. The molecule has 0 amide bonds. The second kappa shape index (κ2) is 5.61. The lowest BCUT2D eigenvalue weighted by molar-refractivity contribution is 0.227. The molecule has 0 aliphatic rings. The highest BCUT2D eigenvalue weighted by Gasteiger charge is 2.23. The molecule has 0 bridgehead atoms. The van der Waals surface area contributed by atoms with E-state index in [-0.39, 0.29) is 17.6 Å². The Labute approximate surface area is 102 Å². The Hall–Kier alpha value is -0.920. The zero-order valence-electron chi connectivity index (χ0n) is 10.3. The molecule has 1 aromatic rings. The monoisotopic (exact) mass is 261 g/mol. The van der Waals surface area contributed by atoms with Crippen LogP contribution in [-0.4, -0.2) is 35.7 Å². The Morgan fingerprint density at radius 2 is 2.18 bits per heavy atom. The first-order chi connectivity index (χ1) is 7.90. The molecule has 0 fully saturated rings. The van der Waals surface area contributed by atoms with Crippen molar-refractivity contribution in [3.63, 3.8) is 0 Å². The van der Waals surface area contributed by atoms with Crippen LogP contribution in [0, 0.1) is 5.92 Å². The third kappa shape index (κ3) is 3.52. The average molecular weight is 261 g/mol. The van der Waals surface area contributed by atoms with E-state index in [0.717, 1.165) is 0 Å². The summed E-state index contributed by atoms with van der Waals surface area (Å²) in [6.45, 7) is 6.01. The summed E-state index contributed by atoms with van der Waals surface area (Å²) in [7, 11) is -3.65. The summed E-state index contributed by atoms with van der Waals surface area (Å²) in [6, 6.07) is -0.494. The lowest BCUT2D eigenvalue weighted by Gasteiger charge is -2.18.